The van der Waals surface area contributed by atoms with Crippen LogP contribution < -0.4 is 4.90 Å². The van der Waals surface area contributed by atoms with Gasteiger partial charge in [0.1, 0.15) is 5.82 Å². The lowest BCUT2D eigenvalue weighted by Gasteiger charge is -2.43. The molecule has 2 fully saturated rings. The molecule has 0 bridgehead atoms. The fourth-order valence-electron chi connectivity index (χ4n) is 4.15. The van der Waals surface area contributed by atoms with E-state index >= 15 is 0 Å². The van der Waals surface area contributed by atoms with Crippen LogP contribution in [0.4, 0.5) is 5.82 Å². The standard InChI is InChI=1S/C17H24N2O3/c1-17(22)10-3-2-6-12(17)14-8-5-11-19(14)15-9-4-7-13(18-15)16(20)21/h4,7,9,12,14,22H,2-3,5-6,8,10-11H2,1H3,(H,20,21). The van der Waals surface area contributed by atoms with Gasteiger partial charge in [-0.2, -0.15) is 0 Å². The van der Waals surface area contributed by atoms with Crippen LogP contribution in [0, 0.1) is 5.92 Å². The SMILES string of the molecule is CC1(O)CCCCC1C1CCCN1c1cccc(C(=O)O)n1. The molecule has 2 N–H and O–H groups in total. The van der Waals surface area contributed by atoms with Crippen LogP contribution in [0.5, 0.6) is 0 Å². The number of carbonyl (C=O) groups is 1. The first-order valence-electron chi connectivity index (χ1n) is 8.18. The molecule has 1 saturated heterocycles. The fraction of sp³-hybridized carbons (Fsp3) is 0.647. The lowest BCUT2D eigenvalue weighted by atomic mass is 9.72. The number of aliphatic hydroxyl groups is 1. The highest BCUT2D eigenvalue weighted by Gasteiger charge is 2.43. The molecule has 5 heteroatoms. The van der Waals surface area contributed by atoms with Crippen molar-refractivity contribution in [2.24, 2.45) is 5.92 Å². The quantitative estimate of drug-likeness (QED) is 0.898. The third-order valence-electron chi connectivity index (χ3n) is 5.26. The fourth-order valence-corrected chi connectivity index (χ4v) is 4.15. The number of aromatic carboxylic acids is 1. The van der Waals surface area contributed by atoms with Crippen molar-refractivity contribution < 1.29 is 15.0 Å². The molecular weight excluding hydrogens is 280 g/mol. The molecule has 2 heterocycles. The van der Waals surface area contributed by atoms with Gasteiger partial charge in [0, 0.05) is 18.5 Å². The third kappa shape index (κ3) is 2.82. The van der Waals surface area contributed by atoms with Crippen molar-refractivity contribution in [2.45, 2.75) is 57.1 Å². The molecule has 5 nitrogen and oxygen atoms in total. The predicted molar refractivity (Wildman–Crippen MR) is 84.1 cm³/mol. The zero-order valence-corrected chi connectivity index (χ0v) is 13.0. The van der Waals surface area contributed by atoms with Crippen LogP contribution >= 0.6 is 0 Å². The second-order valence-corrected chi connectivity index (χ2v) is 6.80. The molecule has 1 aromatic rings. The lowest BCUT2D eigenvalue weighted by molar-refractivity contribution is -0.0411. The summed E-state index contributed by atoms with van der Waals surface area (Å²) in [5.74, 6) is -0.0370. The van der Waals surface area contributed by atoms with Gasteiger partial charge in [-0.3, -0.25) is 0 Å². The molecule has 1 aliphatic carbocycles. The first-order valence-corrected chi connectivity index (χ1v) is 8.18. The first kappa shape index (κ1) is 15.3. The van der Waals surface area contributed by atoms with Gasteiger partial charge in [0.25, 0.3) is 0 Å². The molecule has 3 unspecified atom stereocenters. The summed E-state index contributed by atoms with van der Waals surface area (Å²) in [6.45, 7) is 2.84. The number of nitrogens with zero attached hydrogens (tertiary/aromatic N) is 2. The normalized spacial score (nSPS) is 32.2. The maximum Gasteiger partial charge on any atom is 0.354 e. The van der Waals surface area contributed by atoms with Gasteiger partial charge in [-0.15, -0.1) is 0 Å². The molecule has 1 saturated carbocycles. The van der Waals surface area contributed by atoms with Crippen LogP contribution in [-0.4, -0.2) is 39.4 Å². The molecule has 1 aliphatic heterocycles. The number of carboxylic acids is 1. The average molecular weight is 304 g/mol. The van der Waals surface area contributed by atoms with Crippen molar-refractivity contribution >= 4 is 11.8 Å². The molecule has 0 radical (unpaired) electrons. The maximum atomic E-state index is 11.1. The van der Waals surface area contributed by atoms with Crippen LogP contribution in [0.2, 0.25) is 0 Å². The van der Waals surface area contributed by atoms with E-state index in [0.29, 0.717) is 0 Å². The van der Waals surface area contributed by atoms with Crippen LogP contribution in [0.3, 0.4) is 0 Å². The Hall–Kier alpha value is -1.62. The molecule has 2 aliphatic rings. The van der Waals surface area contributed by atoms with Crippen molar-refractivity contribution in [2.75, 3.05) is 11.4 Å². The monoisotopic (exact) mass is 304 g/mol. The van der Waals surface area contributed by atoms with E-state index in [1.54, 1.807) is 6.07 Å². The highest BCUT2D eigenvalue weighted by atomic mass is 16.4. The summed E-state index contributed by atoms with van der Waals surface area (Å²) in [6.07, 6.45) is 6.24. The average Bonchev–Trinajstić information content (AvgIpc) is 2.96. The van der Waals surface area contributed by atoms with Gasteiger partial charge in [-0.1, -0.05) is 18.9 Å². The Morgan fingerprint density at radius 3 is 2.86 bits per heavy atom. The van der Waals surface area contributed by atoms with E-state index in [0.717, 1.165) is 50.9 Å². The Labute approximate surface area is 131 Å². The number of hydrogen-bond acceptors (Lipinski definition) is 4. The minimum Gasteiger partial charge on any atom is -0.477 e. The molecule has 120 valence electrons. The number of hydrogen-bond donors (Lipinski definition) is 2. The number of pyridine rings is 1. The molecule has 1 aromatic heterocycles. The van der Waals surface area contributed by atoms with Crippen molar-refractivity contribution in [3.05, 3.63) is 23.9 Å². The molecule has 0 amide bonds. The molecule has 3 atom stereocenters. The van der Waals surface area contributed by atoms with Crippen LogP contribution in [0.25, 0.3) is 0 Å². The highest BCUT2D eigenvalue weighted by molar-refractivity contribution is 5.85. The molecular formula is C17H24N2O3. The van der Waals surface area contributed by atoms with Crippen LogP contribution in [-0.2, 0) is 0 Å². The van der Waals surface area contributed by atoms with Gasteiger partial charge in [0.05, 0.1) is 5.60 Å². The summed E-state index contributed by atoms with van der Waals surface area (Å²) < 4.78 is 0. The first-order chi connectivity index (χ1) is 10.5. The number of carboxylic acid groups (broad SMARTS) is 1. The van der Waals surface area contributed by atoms with Gasteiger partial charge >= 0.3 is 5.97 Å². The molecule has 3 rings (SSSR count). The Morgan fingerprint density at radius 2 is 2.14 bits per heavy atom. The summed E-state index contributed by atoms with van der Waals surface area (Å²) >= 11 is 0. The lowest BCUT2D eigenvalue weighted by Crippen LogP contribution is -2.49. The van der Waals surface area contributed by atoms with E-state index in [2.05, 4.69) is 9.88 Å². The predicted octanol–water partition coefficient (Wildman–Crippen LogP) is 2.69. The zero-order chi connectivity index (χ0) is 15.7. The molecule has 0 aromatic carbocycles. The Kier molecular flexibility index (Phi) is 4.08. The summed E-state index contributed by atoms with van der Waals surface area (Å²) in [5, 5.41) is 19.9. The Bertz CT molecular complexity index is 559. The van der Waals surface area contributed by atoms with Gasteiger partial charge < -0.3 is 15.1 Å². The second-order valence-electron chi connectivity index (χ2n) is 6.80. The van der Waals surface area contributed by atoms with Gasteiger partial charge in [-0.05, 0) is 44.7 Å². The van der Waals surface area contributed by atoms with Crippen molar-refractivity contribution in [3.63, 3.8) is 0 Å². The van der Waals surface area contributed by atoms with Crippen molar-refractivity contribution in [3.8, 4) is 0 Å². The Morgan fingerprint density at radius 1 is 1.32 bits per heavy atom. The minimum absolute atomic E-state index is 0.0820. The Balaban J connectivity index is 1.87. The van der Waals surface area contributed by atoms with E-state index in [1.807, 2.05) is 13.0 Å². The highest BCUT2D eigenvalue weighted by Crippen LogP contribution is 2.41. The number of aromatic nitrogens is 1. The number of anilines is 1. The minimum atomic E-state index is -0.998. The third-order valence-corrected chi connectivity index (χ3v) is 5.26. The van der Waals surface area contributed by atoms with Crippen molar-refractivity contribution in [1.29, 1.82) is 0 Å². The summed E-state index contributed by atoms with van der Waals surface area (Å²) in [7, 11) is 0. The van der Waals surface area contributed by atoms with Crippen LogP contribution in [0.1, 0.15) is 55.9 Å². The van der Waals surface area contributed by atoms with Gasteiger partial charge in [-0.25, -0.2) is 9.78 Å². The van der Waals surface area contributed by atoms with Crippen LogP contribution in [0.15, 0.2) is 18.2 Å². The van der Waals surface area contributed by atoms with E-state index in [4.69, 9.17) is 5.11 Å². The van der Waals surface area contributed by atoms with Crippen molar-refractivity contribution in [1.82, 2.24) is 4.98 Å². The largest absolute Gasteiger partial charge is 0.477 e. The van der Waals surface area contributed by atoms with E-state index in [1.165, 1.54) is 6.07 Å². The summed E-state index contributed by atoms with van der Waals surface area (Å²) in [5.41, 5.74) is -0.547. The second kappa shape index (κ2) is 5.88. The molecule has 0 spiro atoms. The molecule has 22 heavy (non-hydrogen) atoms. The number of rotatable bonds is 3. The zero-order valence-electron chi connectivity index (χ0n) is 13.0. The van der Waals surface area contributed by atoms with E-state index < -0.39 is 11.6 Å². The van der Waals surface area contributed by atoms with Gasteiger partial charge in [0.2, 0.25) is 0 Å². The smallest absolute Gasteiger partial charge is 0.354 e. The maximum absolute atomic E-state index is 11.1. The summed E-state index contributed by atoms with van der Waals surface area (Å²) in [6, 6.07) is 5.41. The van der Waals surface area contributed by atoms with Gasteiger partial charge in [0.15, 0.2) is 5.69 Å². The topological polar surface area (TPSA) is 73.7 Å². The van der Waals surface area contributed by atoms with E-state index in [-0.39, 0.29) is 17.7 Å². The summed E-state index contributed by atoms with van der Waals surface area (Å²) in [4.78, 5) is 17.6. The van der Waals surface area contributed by atoms with E-state index in [9.17, 15) is 9.90 Å².